The maximum atomic E-state index is 4.21. The van der Waals surface area contributed by atoms with Crippen molar-refractivity contribution >= 4 is 6.08 Å². The highest BCUT2D eigenvalue weighted by atomic mass is 14.6. The highest BCUT2D eigenvalue weighted by Gasteiger charge is 1.93. The van der Waals surface area contributed by atoms with Gasteiger partial charge in [0.2, 0.25) is 0 Å². The van der Waals surface area contributed by atoms with Crippen molar-refractivity contribution in [3.05, 3.63) is 60.0 Å². The Hall–Kier alpha value is -1.63. The van der Waals surface area contributed by atoms with Crippen molar-refractivity contribution in [3.8, 4) is 0 Å². The molecule has 1 heterocycles. The summed E-state index contributed by atoms with van der Waals surface area (Å²) in [5.74, 6) is 0. The molecule has 0 N–H and O–H groups in total. The van der Waals surface area contributed by atoms with Gasteiger partial charge in [0.15, 0.2) is 0 Å². The summed E-state index contributed by atoms with van der Waals surface area (Å²) in [7, 11) is 0. The monoisotopic (exact) mass is 169 g/mol. The van der Waals surface area contributed by atoms with Crippen LogP contribution >= 0.6 is 0 Å². The van der Waals surface area contributed by atoms with E-state index in [2.05, 4.69) is 29.3 Å². The van der Waals surface area contributed by atoms with Gasteiger partial charge >= 0.3 is 0 Å². The average molecular weight is 169 g/mol. The van der Waals surface area contributed by atoms with Crippen LogP contribution in [0, 0.1) is 0 Å². The van der Waals surface area contributed by atoms with Gasteiger partial charge in [-0.05, 0) is 30.2 Å². The smallest absolute Gasteiger partial charge is 0.0629 e. The normalized spacial score (nSPS) is 15.2. The van der Waals surface area contributed by atoms with E-state index < -0.39 is 0 Å². The van der Waals surface area contributed by atoms with Crippen LogP contribution in [0.25, 0.3) is 6.08 Å². The van der Waals surface area contributed by atoms with E-state index in [9.17, 15) is 0 Å². The fourth-order valence-corrected chi connectivity index (χ4v) is 1.25. The second kappa shape index (κ2) is 3.85. The maximum absolute atomic E-state index is 4.21. The van der Waals surface area contributed by atoms with E-state index in [1.807, 2.05) is 24.3 Å². The fraction of sp³-hybridized carbons (Fsp3) is 0.0833. The van der Waals surface area contributed by atoms with Gasteiger partial charge in [-0.2, -0.15) is 0 Å². The molecule has 0 spiro atoms. The van der Waals surface area contributed by atoms with E-state index in [1.54, 1.807) is 6.20 Å². The molecule has 64 valence electrons. The molecule has 1 aliphatic rings. The van der Waals surface area contributed by atoms with Gasteiger partial charge in [0.05, 0.1) is 5.69 Å². The molecule has 0 saturated heterocycles. The van der Waals surface area contributed by atoms with Crippen LogP contribution in [0.5, 0.6) is 0 Å². The van der Waals surface area contributed by atoms with Gasteiger partial charge in [-0.1, -0.05) is 30.4 Å². The number of aromatic nitrogens is 1. The maximum Gasteiger partial charge on any atom is 0.0629 e. The summed E-state index contributed by atoms with van der Waals surface area (Å²) in [5.41, 5.74) is 2.35. The molecule has 1 aliphatic carbocycles. The zero-order valence-electron chi connectivity index (χ0n) is 7.35. The van der Waals surface area contributed by atoms with Crippen LogP contribution in [-0.2, 0) is 0 Å². The van der Waals surface area contributed by atoms with Crippen molar-refractivity contribution in [2.24, 2.45) is 0 Å². The van der Waals surface area contributed by atoms with Crippen molar-refractivity contribution in [1.82, 2.24) is 4.98 Å². The molecule has 0 atom stereocenters. The standard InChI is InChI=1S/C12H11N/c1-2-6-11(5-1)8-9-12-7-3-4-10-13-12/h1-5,7-10H,6H2/b9-8+. The molecule has 0 aromatic carbocycles. The molecule has 0 aliphatic heterocycles. The number of allylic oxidation sites excluding steroid dienone is 5. The van der Waals surface area contributed by atoms with Gasteiger partial charge in [0.25, 0.3) is 0 Å². The van der Waals surface area contributed by atoms with Crippen molar-refractivity contribution in [3.63, 3.8) is 0 Å². The lowest BCUT2D eigenvalue weighted by Crippen LogP contribution is -1.77. The second-order valence-corrected chi connectivity index (χ2v) is 2.96. The predicted molar refractivity (Wildman–Crippen MR) is 55.1 cm³/mol. The highest BCUT2D eigenvalue weighted by Crippen LogP contribution is 2.12. The molecule has 1 nitrogen and oxygen atoms in total. The SMILES string of the molecule is C1=CCC(/C=C/c2ccccn2)=C1. The van der Waals surface area contributed by atoms with Crippen molar-refractivity contribution in [1.29, 1.82) is 0 Å². The van der Waals surface area contributed by atoms with Crippen molar-refractivity contribution < 1.29 is 0 Å². The first-order valence-corrected chi connectivity index (χ1v) is 4.40. The third-order valence-corrected chi connectivity index (χ3v) is 1.96. The number of nitrogens with zero attached hydrogens (tertiary/aromatic N) is 1. The Morgan fingerprint density at radius 2 is 2.23 bits per heavy atom. The Morgan fingerprint density at radius 1 is 1.23 bits per heavy atom. The van der Waals surface area contributed by atoms with Crippen LogP contribution in [0.1, 0.15) is 12.1 Å². The van der Waals surface area contributed by atoms with E-state index in [0.717, 1.165) is 12.1 Å². The third-order valence-electron chi connectivity index (χ3n) is 1.96. The summed E-state index contributed by atoms with van der Waals surface area (Å²) in [6.45, 7) is 0. The van der Waals surface area contributed by atoms with Crippen molar-refractivity contribution in [2.45, 2.75) is 6.42 Å². The average Bonchev–Trinajstić information content (AvgIpc) is 2.69. The topological polar surface area (TPSA) is 12.9 Å². The number of pyridine rings is 1. The van der Waals surface area contributed by atoms with Gasteiger partial charge in [-0.3, -0.25) is 4.98 Å². The Morgan fingerprint density at radius 3 is 2.92 bits per heavy atom. The van der Waals surface area contributed by atoms with Crippen LogP contribution < -0.4 is 0 Å². The van der Waals surface area contributed by atoms with E-state index >= 15 is 0 Å². The van der Waals surface area contributed by atoms with Gasteiger partial charge in [0, 0.05) is 6.20 Å². The quantitative estimate of drug-likeness (QED) is 0.663. The summed E-state index contributed by atoms with van der Waals surface area (Å²) in [6.07, 6.45) is 13.4. The molecular weight excluding hydrogens is 158 g/mol. The first-order chi connectivity index (χ1) is 6.45. The molecule has 0 bridgehead atoms. The number of rotatable bonds is 2. The molecule has 1 aromatic rings. The lowest BCUT2D eigenvalue weighted by Gasteiger charge is -1.91. The minimum atomic E-state index is 1.01. The molecule has 0 unspecified atom stereocenters. The predicted octanol–water partition coefficient (Wildman–Crippen LogP) is 2.98. The summed E-state index contributed by atoms with van der Waals surface area (Å²) in [4.78, 5) is 4.21. The Bertz CT molecular complexity index is 358. The van der Waals surface area contributed by atoms with Crippen LogP contribution in [0.3, 0.4) is 0 Å². The third kappa shape index (κ3) is 2.15. The summed E-state index contributed by atoms with van der Waals surface area (Å²) >= 11 is 0. The summed E-state index contributed by atoms with van der Waals surface area (Å²) in [5, 5.41) is 0. The zero-order chi connectivity index (χ0) is 8.93. The van der Waals surface area contributed by atoms with Gasteiger partial charge < -0.3 is 0 Å². The lowest BCUT2D eigenvalue weighted by atomic mass is 10.2. The molecule has 0 radical (unpaired) electrons. The molecule has 13 heavy (non-hydrogen) atoms. The van der Waals surface area contributed by atoms with Gasteiger partial charge in [-0.15, -0.1) is 0 Å². The Kier molecular flexibility index (Phi) is 2.37. The Labute approximate surface area is 78.1 Å². The molecule has 1 aromatic heterocycles. The van der Waals surface area contributed by atoms with E-state index in [-0.39, 0.29) is 0 Å². The number of hydrogen-bond donors (Lipinski definition) is 0. The van der Waals surface area contributed by atoms with E-state index in [4.69, 9.17) is 0 Å². The first kappa shape index (κ1) is 7.99. The molecule has 0 fully saturated rings. The van der Waals surface area contributed by atoms with Gasteiger partial charge in [0.1, 0.15) is 0 Å². The van der Waals surface area contributed by atoms with Crippen LogP contribution in [0.15, 0.2) is 54.3 Å². The van der Waals surface area contributed by atoms with Crippen molar-refractivity contribution in [2.75, 3.05) is 0 Å². The van der Waals surface area contributed by atoms with Crippen LogP contribution in [0.2, 0.25) is 0 Å². The number of hydrogen-bond acceptors (Lipinski definition) is 1. The summed E-state index contributed by atoms with van der Waals surface area (Å²) in [6, 6.07) is 5.92. The van der Waals surface area contributed by atoms with E-state index in [1.165, 1.54) is 5.57 Å². The Balaban J connectivity index is 2.06. The van der Waals surface area contributed by atoms with E-state index in [0.29, 0.717) is 0 Å². The van der Waals surface area contributed by atoms with Crippen LogP contribution in [-0.4, -0.2) is 4.98 Å². The molecule has 0 amide bonds. The molecule has 1 heteroatoms. The molecule has 2 rings (SSSR count). The minimum Gasteiger partial charge on any atom is -0.257 e. The first-order valence-electron chi connectivity index (χ1n) is 4.40. The summed E-state index contributed by atoms with van der Waals surface area (Å²) < 4.78 is 0. The highest BCUT2D eigenvalue weighted by molar-refractivity contribution is 5.50. The fourth-order valence-electron chi connectivity index (χ4n) is 1.25. The molecular formula is C12H11N. The lowest BCUT2D eigenvalue weighted by molar-refractivity contribution is 1.29. The second-order valence-electron chi connectivity index (χ2n) is 2.96. The van der Waals surface area contributed by atoms with Gasteiger partial charge in [-0.25, -0.2) is 0 Å². The minimum absolute atomic E-state index is 1.01. The largest absolute Gasteiger partial charge is 0.257 e. The molecule has 0 saturated carbocycles. The van der Waals surface area contributed by atoms with Crippen LogP contribution in [0.4, 0.5) is 0 Å². The zero-order valence-corrected chi connectivity index (χ0v) is 7.35.